The van der Waals surface area contributed by atoms with Crippen molar-refractivity contribution in [2.75, 3.05) is 6.54 Å². The van der Waals surface area contributed by atoms with E-state index in [-0.39, 0.29) is 5.91 Å². The number of amides is 1. The van der Waals surface area contributed by atoms with Crippen molar-refractivity contribution in [2.45, 2.75) is 6.42 Å². The number of nitrogens with zero attached hydrogens (tertiary/aromatic N) is 1. The van der Waals surface area contributed by atoms with Crippen LogP contribution in [-0.4, -0.2) is 18.7 Å². The zero-order valence-electron chi connectivity index (χ0n) is 6.50. The zero-order valence-corrected chi connectivity index (χ0v) is 6.50. The fourth-order valence-corrected chi connectivity index (χ4v) is 1.15. The summed E-state index contributed by atoms with van der Waals surface area (Å²) in [5, 5.41) is 5.81. The van der Waals surface area contributed by atoms with Gasteiger partial charge in [-0.25, -0.2) is 4.99 Å². The molecule has 0 unspecified atom stereocenters. The third-order valence-corrected chi connectivity index (χ3v) is 1.70. The van der Waals surface area contributed by atoms with Crippen LogP contribution in [0.4, 0.5) is 0 Å². The van der Waals surface area contributed by atoms with Gasteiger partial charge in [-0.1, -0.05) is 6.08 Å². The van der Waals surface area contributed by atoms with Gasteiger partial charge in [0.1, 0.15) is 0 Å². The summed E-state index contributed by atoms with van der Waals surface area (Å²) in [4.78, 5) is 15.1. The molecule has 0 aromatic rings. The Balaban J connectivity index is 2.32. The fraction of sp³-hybridized carbons (Fsp3) is 0.250. The van der Waals surface area contributed by atoms with Crippen molar-refractivity contribution in [3.63, 3.8) is 0 Å². The van der Waals surface area contributed by atoms with Gasteiger partial charge >= 0.3 is 0 Å². The first-order valence-corrected chi connectivity index (χ1v) is 3.83. The second kappa shape index (κ2) is 2.81. The van der Waals surface area contributed by atoms with Crippen LogP contribution >= 0.6 is 0 Å². The van der Waals surface area contributed by atoms with E-state index in [0.29, 0.717) is 12.2 Å². The molecular formula is C8H9N3O. The third kappa shape index (κ3) is 1.23. The van der Waals surface area contributed by atoms with Gasteiger partial charge in [0.25, 0.3) is 0 Å². The quantitative estimate of drug-likeness (QED) is 0.524. The van der Waals surface area contributed by atoms with Gasteiger partial charge in [-0.05, 0) is 6.08 Å². The molecule has 0 aromatic carbocycles. The lowest BCUT2D eigenvalue weighted by Crippen LogP contribution is -2.28. The number of aliphatic imine (C=N–C) groups is 1. The summed E-state index contributed by atoms with van der Waals surface area (Å²) in [6.07, 6.45) is 5.86. The van der Waals surface area contributed by atoms with Crippen molar-refractivity contribution in [2.24, 2.45) is 4.99 Å². The average Bonchev–Trinajstić information content (AvgIpc) is 2.25. The summed E-state index contributed by atoms with van der Waals surface area (Å²) in [5.41, 5.74) is 0.892. The molecule has 0 saturated carbocycles. The summed E-state index contributed by atoms with van der Waals surface area (Å²) < 4.78 is 0. The highest BCUT2D eigenvalue weighted by Gasteiger charge is 2.12. The van der Waals surface area contributed by atoms with Crippen molar-refractivity contribution < 1.29 is 4.79 Å². The molecular weight excluding hydrogens is 154 g/mol. The standard InChI is InChI=1S/C8H9N3O/c12-7-3-1-2-6-8(11-7)10-5-4-9-6/h1-2,5,9H,3-4H2,(H,11,12). The molecule has 1 amide bonds. The Labute approximate surface area is 70.1 Å². The Morgan fingerprint density at radius 1 is 1.50 bits per heavy atom. The third-order valence-electron chi connectivity index (χ3n) is 1.70. The summed E-state index contributed by atoms with van der Waals surface area (Å²) in [5.74, 6) is 0.608. The molecule has 0 spiro atoms. The van der Waals surface area contributed by atoms with Crippen LogP contribution in [0.5, 0.6) is 0 Å². The number of carbonyl (C=O) groups is 1. The van der Waals surface area contributed by atoms with E-state index in [1.807, 2.05) is 12.2 Å². The van der Waals surface area contributed by atoms with Gasteiger partial charge < -0.3 is 10.6 Å². The summed E-state index contributed by atoms with van der Waals surface area (Å²) >= 11 is 0. The van der Waals surface area contributed by atoms with Gasteiger partial charge in [0.05, 0.1) is 12.2 Å². The first-order valence-electron chi connectivity index (χ1n) is 3.83. The van der Waals surface area contributed by atoms with Crippen molar-refractivity contribution in [1.29, 1.82) is 0 Å². The Hall–Kier alpha value is -1.58. The lowest BCUT2D eigenvalue weighted by molar-refractivity contribution is -0.119. The second-order valence-corrected chi connectivity index (χ2v) is 2.61. The number of allylic oxidation sites excluding steroid dienone is 1. The molecule has 2 aliphatic heterocycles. The molecule has 2 heterocycles. The van der Waals surface area contributed by atoms with Gasteiger partial charge in [0.15, 0.2) is 5.82 Å². The molecule has 62 valence electrons. The van der Waals surface area contributed by atoms with Gasteiger partial charge in [0, 0.05) is 12.6 Å². The van der Waals surface area contributed by atoms with E-state index in [9.17, 15) is 4.79 Å². The molecule has 0 radical (unpaired) electrons. The SMILES string of the molecule is O=C1CC=CC2=C(N=CCN2)N1. The topological polar surface area (TPSA) is 53.5 Å². The van der Waals surface area contributed by atoms with Crippen LogP contribution in [0.25, 0.3) is 0 Å². The normalized spacial score (nSPS) is 21.2. The summed E-state index contributed by atoms with van der Waals surface area (Å²) in [6, 6.07) is 0. The highest BCUT2D eigenvalue weighted by molar-refractivity contribution is 5.81. The first-order chi connectivity index (χ1) is 5.86. The lowest BCUT2D eigenvalue weighted by atomic mass is 10.3. The molecule has 0 aromatic heterocycles. The van der Waals surface area contributed by atoms with Gasteiger partial charge in [-0.3, -0.25) is 4.79 Å². The molecule has 2 N–H and O–H groups in total. The molecule has 4 heteroatoms. The predicted octanol–water partition coefficient (Wildman–Crippen LogP) is -0.0944. The Kier molecular flexibility index (Phi) is 1.66. The van der Waals surface area contributed by atoms with E-state index in [2.05, 4.69) is 15.6 Å². The number of hydrogen-bond acceptors (Lipinski definition) is 3. The van der Waals surface area contributed by atoms with Gasteiger partial charge in [-0.2, -0.15) is 0 Å². The van der Waals surface area contributed by atoms with Crippen LogP contribution in [0, 0.1) is 0 Å². The van der Waals surface area contributed by atoms with Gasteiger partial charge in [0.2, 0.25) is 5.91 Å². The van der Waals surface area contributed by atoms with Gasteiger partial charge in [-0.15, -0.1) is 0 Å². The minimum atomic E-state index is -0.0166. The van der Waals surface area contributed by atoms with Crippen LogP contribution in [0.1, 0.15) is 6.42 Å². The van der Waals surface area contributed by atoms with Crippen LogP contribution in [0.3, 0.4) is 0 Å². The largest absolute Gasteiger partial charge is 0.377 e. The van der Waals surface area contributed by atoms with E-state index >= 15 is 0 Å². The Morgan fingerprint density at radius 3 is 3.33 bits per heavy atom. The highest BCUT2D eigenvalue weighted by atomic mass is 16.1. The molecule has 0 bridgehead atoms. The number of carbonyl (C=O) groups excluding carboxylic acids is 1. The summed E-state index contributed by atoms with van der Waals surface area (Å²) in [6.45, 7) is 0.721. The van der Waals surface area contributed by atoms with Crippen molar-refractivity contribution in [3.8, 4) is 0 Å². The van der Waals surface area contributed by atoms with Crippen LogP contribution in [-0.2, 0) is 4.79 Å². The van der Waals surface area contributed by atoms with Crippen LogP contribution in [0.15, 0.2) is 28.7 Å². The van der Waals surface area contributed by atoms with Crippen molar-refractivity contribution >= 4 is 12.1 Å². The van der Waals surface area contributed by atoms with E-state index < -0.39 is 0 Å². The maximum absolute atomic E-state index is 11.0. The van der Waals surface area contributed by atoms with E-state index in [4.69, 9.17) is 0 Å². The average molecular weight is 163 g/mol. The minimum Gasteiger partial charge on any atom is -0.377 e. The zero-order chi connectivity index (χ0) is 8.39. The number of hydrogen-bond donors (Lipinski definition) is 2. The Bertz CT molecular complexity index is 301. The molecule has 0 aliphatic carbocycles. The molecule has 4 nitrogen and oxygen atoms in total. The Morgan fingerprint density at radius 2 is 2.42 bits per heavy atom. The first kappa shape index (κ1) is 7.09. The molecule has 0 atom stereocenters. The van der Waals surface area contributed by atoms with E-state index in [1.54, 1.807) is 6.21 Å². The lowest BCUT2D eigenvalue weighted by Gasteiger charge is -2.12. The maximum Gasteiger partial charge on any atom is 0.229 e. The molecule has 12 heavy (non-hydrogen) atoms. The molecule has 0 fully saturated rings. The number of nitrogens with one attached hydrogen (secondary N) is 2. The predicted molar refractivity (Wildman–Crippen MR) is 45.4 cm³/mol. The van der Waals surface area contributed by atoms with Crippen LogP contribution < -0.4 is 10.6 Å². The molecule has 0 saturated heterocycles. The molecule has 2 rings (SSSR count). The van der Waals surface area contributed by atoms with E-state index in [1.165, 1.54) is 0 Å². The maximum atomic E-state index is 11.0. The van der Waals surface area contributed by atoms with Crippen LogP contribution in [0.2, 0.25) is 0 Å². The van der Waals surface area contributed by atoms with Crippen molar-refractivity contribution in [3.05, 3.63) is 23.7 Å². The monoisotopic (exact) mass is 163 g/mol. The highest BCUT2D eigenvalue weighted by Crippen LogP contribution is 2.08. The van der Waals surface area contributed by atoms with Crippen molar-refractivity contribution in [1.82, 2.24) is 10.6 Å². The minimum absolute atomic E-state index is 0.0166. The smallest absolute Gasteiger partial charge is 0.229 e. The molecule has 2 aliphatic rings. The second-order valence-electron chi connectivity index (χ2n) is 2.61. The summed E-state index contributed by atoms with van der Waals surface area (Å²) in [7, 11) is 0. The number of rotatable bonds is 0. The van der Waals surface area contributed by atoms with E-state index in [0.717, 1.165) is 12.2 Å². The fourth-order valence-electron chi connectivity index (χ4n) is 1.15.